The van der Waals surface area contributed by atoms with Crippen molar-refractivity contribution in [2.24, 2.45) is 0 Å². The Morgan fingerprint density at radius 2 is 2.13 bits per heavy atom. The molecule has 1 N–H and O–H groups in total. The van der Waals surface area contributed by atoms with E-state index < -0.39 is 0 Å². The van der Waals surface area contributed by atoms with Crippen molar-refractivity contribution in [2.45, 2.75) is 37.7 Å². The van der Waals surface area contributed by atoms with Gasteiger partial charge in [0.15, 0.2) is 5.16 Å². The first-order valence-electron chi connectivity index (χ1n) is 7.34. The Kier molecular flexibility index (Phi) is 6.23. The molecule has 2 aromatic heterocycles. The third-order valence-electron chi connectivity index (χ3n) is 3.54. The zero-order valence-electron chi connectivity index (χ0n) is 13.9. The van der Waals surface area contributed by atoms with Gasteiger partial charge in [-0.25, -0.2) is 9.89 Å². The molecule has 0 fully saturated rings. The van der Waals surface area contributed by atoms with Crippen LogP contribution in [0, 0.1) is 13.8 Å². The van der Waals surface area contributed by atoms with Gasteiger partial charge >= 0.3 is 5.69 Å². The van der Waals surface area contributed by atoms with Gasteiger partial charge in [-0.2, -0.15) is 0 Å². The monoisotopic (exact) mass is 338 g/mol. The summed E-state index contributed by atoms with van der Waals surface area (Å²) in [5.41, 5.74) is 2.75. The lowest BCUT2D eigenvalue weighted by Gasteiger charge is -2.12. The fourth-order valence-corrected chi connectivity index (χ4v) is 3.32. The minimum Gasteiger partial charge on any atom is -0.496 e. The largest absolute Gasteiger partial charge is 0.496 e. The molecule has 0 radical (unpaired) electrons. The molecule has 8 heteroatoms. The molecule has 0 spiro atoms. The number of thioether (sulfide) groups is 1. The summed E-state index contributed by atoms with van der Waals surface area (Å²) in [7, 11) is 3.31. The van der Waals surface area contributed by atoms with E-state index in [0.717, 1.165) is 29.0 Å². The van der Waals surface area contributed by atoms with Crippen molar-refractivity contribution in [3.8, 4) is 5.75 Å². The zero-order chi connectivity index (χ0) is 16.8. The summed E-state index contributed by atoms with van der Waals surface area (Å²) in [6.07, 6.45) is 2.57. The fourth-order valence-electron chi connectivity index (χ4n) is 2.33. The number of aromatic amines is 1. The lowest BCUT2D eigenvalue weighted by Crippen LogP contribution is -2.18. The Hall–Kier alpha value is -1.80. The number of pyridine rings is 1. The number of nitrogens with zero attached hydrogens (tertiary/aromatic N) is 3. The smallest absolute Gasteiger partial charge is 0.343 e. The molecule has 0 aromatic carbocycles. The van der Waals surface area contributed by atoms with Crippen LogP contribution in [0.5, 0.6) is 5.75 Å². The maximum Gasteiger partial charge on any atom is 0.343 e. The van der Waals surface area contributed by atoms with E-state index in [2.05, 4.69) is 15.2 Å². The number of nitrogens with one attached hydrogen (secondary N) is 1. The van der Waals surface area contributed by atoms with Crippen LogP contribution in [-0.4, -0.2) is 40.6 Å². The van der Waals surface area contributed by atoms with Crippen LogP contribution in [-0.2, 0) is 17.0 Å². The summed E-state index contributed by atoms with van der Waals surface area (Å²) in [4.78, 5) is 16.3. The van der Waals surface area contributed by atoms with Gasteiger partial charge < -0.3 is 9.47 Å². The lowest BCUT2D eigenvalue weighted by molar-refractivity contribution is 0.189. The van der Waals surface area contributed by atoms with Crippen LogP contribution in [0.4, 0.5) is 0 Å². The summed E-state index contributed by atoms with van der Waals surface area (Å²) in [5.74, 6) is 1.48. The molecule has 0 amide bonds. The number of aromatic nitrogens is 4. The molecule has 0 bridgehead atoms. The van der Waals surface area contributed by atoms with E-state index in [0.29, 0.717) is 24.1 Å². The highest BCUT2D eigenvalue weighted by Gasteiger charge is 2.13. The van der Waals surface area contributed by atoms with E-state index in [-0.39, 0.29) is 5.69 Å². The highest BCUT2D eigenvalue weighted by atomic mass is 32.2. The quantitative estimate of drug-likeness (QED) is 0.585. The third-order valence-corrected chi connectivity index (χ3v) is 4.53. The van der Waals surface area contributed by atoms with Gasteiger partial charge in [-0.1, -0.05) is 11.8 Å². The molecule has 2 heterocycles. The van der Waals surface area contributed by atoms with Gasteiger partial charge in [0.25, 0.3) is 0 Å². The minimum absolute atomic E-state index is 0.199. The standard InChI is InChI=1S/C15H22N4O3S/c1-10-8-16-12(11(2)13(10)22-4)9-23-15-18-17-14(20)19(15)6-5-7-21-3/h8H,5-7,9H2,1-4H3,(H,17,20). The topological polar surface area (TPSA) is 82.0 Å². The van der Waals surface area contributed by atoms with Gasteiger partial charge in [0.1, 0.15) is 5.75 Å². The van der Waals surface area contributed by atoms with E-state index in [1.54, 1.807) is 25.0 Å². The van der Waals surface area contributed by atoms with Gasteiger partial charge in [0.2, 0.25) is 0 Å². The highest BCUT2D eigenvalue weighted by Crippen LogP contribution is 2.28. The van der Waals surface area contributed by atoms with Crippen LogP contribution >= 0.6 is 11.8 Å². The maximum atomic E-state index is 11.8. The zero-order valence-corrected chi connectivity index (χ0v) is 14.7. The molecule has 2 rings (SSSR count). The van der Waals surface area contributed by atoms with Gasteiger partial charge in [-0.05, 0) is 20.3 Å². The second kappa shape index (κ2) is 8.16. The Bertz CT molecular complexity index is 711. The average Bonchev–Trinajstić information content (AvgIpc) is 2.88. The Morgan fingerprint density at radius 1 is 1.35 bits per heavy atom. The molecule has 0 aliphatic heterocycles. The molecule has 0 saturated carbocycles. The Morgan fingerprint density at radius 3 is 2.83 bits per heavy atom. The molecule has 0 aliphatic carbocycles. The fraction of sp³-hybridized carbons (Fsp3) is 0.533. The highest BCUT2D eigenvalue weighted by molar-refractivity contribution is 7.98. The lowest BCUT2D eigenvalue weighted by atomic mass is 10.1. The van der Waals surface area contributed by atoms with Crippen LogP contribution < -0.4 is 10.4 Å². The summed E-state index contributed by atoms with van der Waals surface area (Å²) >= 11 is 1.48. The molecule has 126 valence electrons. The van der Waals surface area contributed by atoms with Gasteiger partial charge in [-0.15, -0.1) is 5.10 Å². The van der Waals surface area contributed by atoms with Crippen LogP contribution in [0.3, 0.4) is 0 Å². The molecule has 0 saturated heterocycles. The molecule has 7 nitrogen and oxygen atoms in total. The first-order chi connectivity index (χ1) is 11.1. The maximum absolute atomic E-state index is 11.8. The normalized spacial score (nSPS) is 11.0. The molecular formula is C15H22N4O3S. The van der Waals surface area contributed by atoms with Crippen LogP contribution in [0.2, 0.25) is 0 Å². The number of hydrogen-bond acceptors (Lipinski definition) is 6. The average molecular weight is 338 g/mol. The molecule has 23 heavy (non-hydrogen) atoms. The summed E-state index contributed by atoms with van der Waals surface area (Å²) in [6, 6.07) is 0. The van der Waals surface area contributed by atoms with Crippen molar-refractivity contribution in [1.82, 2.24) is 19.7 Å². The van der Waals surface area contributed by atoms with Crippen LogP contribution in [0.1, 0.15) is 23.2 Å². The number of hydrogen-bond donors (Lipinski definition) is 1. The van der Waals surface area contributed by atoms with Crippen LogP contribution in [0.15, 0.2) is 16.1 Å². The minimum atomic E-state index is -0.199. The van der Waals surface area contributed by atoms with E-state index in [1.165, 1.54) is 11.8 Å². The predicted molar refractivity (Wildman–Crippen MR) is 89.2 cm³/mol. The molecule has 0 unspecified atom stereocenters. The van der Waals surface area contributed by atoms with E-state index in [1.807, 2.05) is 13.8 Å². The van der Waals surface area contributed by atoms with Crippen molar-refractivity contribution in [3.05, 3.63) is 33.5 Å². The van der Waals surface area contributed by atoms with Crippen molar-refractivity contribution in [1.29, 1.82) is 0 Å². The van der Waals surface area contributed by atoms with Gasteiger partial charge in [0.05, 0.1) is 12.8 Å². The van der Waals surface area contributed by atoms with Crippen molar-refractivity contribution in [3.63, 3.8) is 0 Å². The first-order valence-corrected chi connectivity index (χ1v) is 8.33. The van der Waals surface area contributed by atoms with Crippen LogP contribution in [0.25, 0.3) is 0 Å². The third kappa shape index (κ3) is 4.14. The van der Waals surface area contributed by atoms with Crippen molar-refractivity contribution >= 4 is 11.8 Å². The molecule has 0 atom stereocenters. The second-order valence-corrected chi connectivity index (χ2v) is 6.09. The van der Waals surface area contributed by atoms with E-state index in [4.69, 9.17) is 9.47 Å². The first kappa shape index (κ1) is 17.6. The SMILES string of the molecule is COCCCn1c(SCc2ncc(C)c(OC)c2C)n[nH]c1=O. The second-order valence-electron chi connectivity index (χ2n) is 5.14. The molecular weight excluding hydrogens is 316 g/mol. The van der Waals surface area contributed by atoms with Gasteiger partial charge in [-0.3, -0.25) is 9.55 Å². The number of aryl methyl sites for hydroxylation is 1. The molecule has 0 aliphatic rings. The Labute approximate surface area is 139 Å². The predicted octanol–water partition coefficient (Wildman–Crippen LogP) is 1.92. The summed E-state index contributed by atoms with van der Waals surface area (Å²) < 4.78 is 12.1. The van der Waals surface area contributed by atoms with E-state index in [9.17, 15) is 4.79 Å². The van der Waals surface area contributed by atoms with Crippen molar-refractivity contribution in [2.75, 3.05) is 20.8 Å². The Balaban J connectivity index is 2.11. The number of rotatable bonds is 8. The van der Waals surface area contributed by atoms with Gasteiger partial charge in [0, 0.05) is 43.3 Å². The number of methoxy groups -OCH3 is 2. The summed E-state index contributed by atoms with van der Waals surface area (Å²) in [5, 5.41) is 7.24. The van der Waals surface area contributed by atoms with E-state index >= 15 is 0 Å². The van der Waals surface area contributed by atoms with Crippen molar-refractivity contribution < 1.29 is 9.47 Å². The number of H-pyrrole nitrogens is 1. The summed E-state index contributed by atoms with van der Waals surface area (Å²) in [6.45, 7) is 5.15. The number of ether oxygens (including phenoxy) is 2. The molecule has 2 aromatic rings.